The fourth-order valence-corrected chi connectivity index (χ4v) is 3.26. The lowest BCUT2D eigenvalue weighted by atomic mass is 10.1. The van der Waals surface area contributed by atoms with Gasteiger partial charge in [-0.1, -0.05) is 23.8 Å². The fraction of sp³-hybridized carbons (Fsp3) is 0.333. The molecular formula is C18H19N5O2. The van der Waals surface area contributed by atoms with Gasteiger partial charge in [0.1, 0.15) is 5.52 Å². The van der Waals surface area contributed by atoms with Crippen molar-refractivity contribution in [1.29, 1.82) is 0 Å². The van der Waals surface area contributed by atoms with Crippen molar-refractivity contribution in [1.82, 2.24) is 24.0 Å². The molecule has 25 heavy (non-hydrogen) atoms. The minimum atomic E-state index is -0.386. The van der Waals surface area contributed by atoms with Crippen LogP contribution in [0.1, 0.15) is 18.4 Å². The molecule has 0 atom stereocenters. The standard InChI is InChI=1S/C18H19N5O2/c1-12-6-5-7-13(10-12)15-19-11-14-16(20-15)23(17(24)21(14)2)18(25)22-8-3-4-9-22/h5-7,10-11H,3-4,8-9H2,1-2H3. The van der Waals surface area contributed by atoms with Gasteiger partial charge in [-0.2, -0.15) is 4.57 Å². The Balaban J connectivity index is 1.90. The van der Waals surface area contributed by atoms with Gasteiger partial charge in [0.15, 0.2) is 11.5 Å². The number of nitrogens with zero attached hydrogens (tertiary/aromatic N) is 5. The van der Waals surface area contributed by atoms with Crippen molar-refractivity contribution in [3.05, 3.63) is 46.5 Å². The first kappa shape index (κ1) is 15.6. The van der Waals surface area contributed by atoms with Crippen molar-refractivity contribution in [2.75, 3.05) is 13.1 Å². The van der Waals surface area contributed by atoms with E-state index in [9.17, 15) is 9.59 Å². The number of imidazole rings is 1. The average Bonchev–Trinajstić information content (AvgIpc) is 3.23. The SMILES string of the molecule is Cc1cccc(-c2ncc3c(n2)n(C(=O)N2CCCC2)c(=O)n3C)c1. The Hall–Kier alpha value is -2.96. The van der Waals surface area contributed by atoms with Crippen molar-refractivity contribution in [3.8, 4) is 11.4 Å². The highest BCUT2D eigenvalue weighted by molar-refractivity contribution is 5.87. The number of likely N-dealkylation sites (tertiary alicyclic amines) is 1. The molecule has 0 N–H and O–H groups in total. The quantitative estimate of drug-likeness (QED) is 0.682. The molecule has 1 saturated heterocycles. The minimum Gasteiger partial charge on any atom is -0.324 e. The van der Waals surface area contributed by atoms with Crippen molar-refractivity contribution in [2.24, 2.45) is 7.05 Å². The summed E-state index contributed by atoms with van der Waals surface area (Å²) in [6.45, 7) is 3.35. The summed E-state index contributed by atoms with van der Waals surface area (Å²) in [5.41, 5.74) is 2.48. The first-order valence-corrected chi connectivity index (χ1v) is 8.37. The summed E-state index contributed by atoms with van der Waals surface area (Å²) in [7, 11) is 1.63. The van der Waals surface area contributed by atoms with E-state index in [1.54, 1.807) is 18.1 Å². The second-order valence-electron chi connectivity index (χ2n) is 6.43. The Morgan fingerprint density at radius 2 is 1.96 bits per heavy atom. The van der Waals surface area contributed by atoms with Crippen LogP contribution >= 0.6 is 0 Å². The van der Waals surface area contributed by atoms with Crippen molar-refractivity contribution < 1.29 is 4.79 Å². The Labute approximate surface area is 144 Å². The maximum atomic E-state index is 12.8. The highest BCUT2D eigenvalue weighted by Crippen LogP contribution is 2.20. The highest BCUT2D eigenvalue weighted by Gasteiger charge is 2.25. The molecule has 0 spiro atoms. The van der Waals surface area contributed by atoms with Gasteiger partial charge in [0.2, 0.25) is 0 Å². The van der Waals surface area contributed by atoms with Gasteiger partial charge in [-0.25, -0.2) is 19.6 Å². The van der Waals surface area contributed by atoms with E-state index in [0.29, 0.717) is 30.1 Å². The third-order valence-electron chi connectivity index (χ3n) is 4.65. The lowest BCUT2D eigenvalue weighted by Gasteiger charge is -2.14. The Bertz CT molecular complexity index is 1030. The minimum absolute atomic E-state index is 0.304. The molecule has 1 aliphatic rings. The normalized spacial score (nSPS) is 14.4. The fourth-order valence-electron chi connectivity index (χ4n) is 3.26. The van der Waals surface area contributed by atoms with Crippen LogP contribution in [0.3, 0.4) is 0 Å². The zero-order valence-electron chi connectivity index (χ0n) is 14.3. The van der Waals surface area contributed by atoms with E-state index in [0.717, 1.165) is 24.0 Å². The number of aromatic nitrogens is 4. The van der Waals surface area contributed by atoms with Gasteiger partial charge in [-0.3, -0.25) is 4.57 Å². The number of benzene rings is 1. The summed E-state index contributed by atoms with van der Waals surface area (Å²) in [5, 5.41) is 0. The van der Waals surface area contributed by atoms with Crippen LogP contribution in [0.25, 0.3) is 22.6 Å². The number of aryl methyl sites for hydroxylation is 2. The zero-order chi connectivity index (χ0) is 17.6. The molecule has 1 amide bonds. The molecule has 1 aliphatic heterocycles. The van der Waals surface area contributed by atoms with Crippen molar-refractivity contribution >= 4 is 17.2 Å². The van der Waals surface area contributed by atoms with Gasteiger partial charge in [-0.05, 0) is 25.8 Å². The predicted octanol–water partition coefficient (Wildman–Crippen LogP) is 2.17. The number of hydrogen-bond acceptors (Lipinski definition) is 4. The summed E-state index contributed by atoms with van der Waals surface area (Å²) in [6, 6.07) is 7.53. The highest BCUT2D eigenvalue weighted by atomic mass is 16.2. The van der Waals surface area contributed by atoms with Gasteiger partial charge < -0.3 is 4.90 Å². The molecule has 7 heteroatoms. The topological polar surface area (TPSA) is 73.0 Å². The Kier molecular flexibility index (Phi) is 3.63. The Morgan fingerprint density at radius 3 is 2.68 bits per heavy atom. The van der Waals surface area contributed by atoms with Crippen LogP contribution in [0.5, 0.6) is 0 Å². The summed E-state index contributed by atoms with van der Waals surface area (Å²) in [6.07, 6.45) is 3.54. The van der Waals surface area contributed by atoms with Crippen LogP contribution in [0, 0.1) is 6.92 Å². The van der Waals surface area contributed by atoms with Crippen LogP contribution in [0.4, 0.5) is 4.79 Å². The van der Waals surface area contributed by atoms with Crippen LogP contribution < -0.4 is 5.69 Å². The molecule has 7 nitrogen and oxygen atoms in total. The molecule has 128 valence electrons. The maximum Gasteiger partial charge on any atom is 0.338 e. The van der Waals surface area contributed by atoms with Crippen LogP contribution in [-0.4, -0.2) is 43.1 Å². The molecule has 4 rings (SSSR count). The number of fused-ring (bicyclic) bond motifs is 1. The lowest BCUT2D eigenvalue weighted by Crippen LogP contribution is -2.38. The molecular weight excluding hydrogens is 318 g/mol. The third-order valence-corrected chi connectivity index (χ3v) is 4.65. The van der Waals surface area contributed by atoms with Gasteiger partial charge in [0.25, 0.3) is 0 Å². The number of rotatable bonds is 1. The van der Waals surface area contributed by atoms with Gasteiger partial charge in [0, 0.05) is 25.7 Å². The summed E-state index contributed by atoms with van der Waals surface area (Å²) in [5.74, 6) is 0.504. The lowest BCUT2D eigenvalue weighted by molar-refractivity contribution is 0.210. The van der Waals surface area contributed by atoms with Gasteiger partial charge in [-0.15, -0.1) is 0 Å². The molecule has 1 aromatic carbocycles. The first-order chi connectivity index (χ1) is 12.1. The first-order valence-electron chi connectivity index (χ1n) is 8.37. The number of hydrogen-bond donors (Lipinski definition) is 0. The van der Waals surface area contributed by atoms with E-state index >= 15 is 0 Å². The number of amides is 1. The van der Waals surface area contributed by atoms with E-state index < -0.39 is 0 Å². The van der Waals surface area contributed by atoms with Crippen molar-refractivity contribution in [3.63, 3.8) is 0 Å². The largest absolute Gasteiger partial charge is 0.338 e. The molecule has 0 unspecified atom stereocenters. The van der Waals surface area contributed by atoms with E-state index in [-0.39, 0.29) is 11.7 Å². The molecule has 0 saturated carbocycles. The number of carbonyl (C=O) groups is 1. The molecule has 0 bridgehead atoms. The smallest absolute Gasteiger partial charge is 0.324 e. The monoisotopic (exact) mass is 337 g/mol. The molecule has 1 fully saturated rings. The van der Waals surface area contributed by atoms with E-state index in [1.165, 1.54) is 9.13 Å². The maximum absolute atomic E-state index is 12.8. The van der Waals surface area contributed by atoms with E-state index in [1.807, 2.05) is 31.2 Å². The molecule has 0 radical (unpaired) electrons. The van der Waals surface area contributed by atoms with Crippen LogP contribution in [0.15, 0.2) is 35.3 Å². The molecule has 2 aromatic heterocycles. The second kappa shape index (κ2) is 5.84. The molecule has 3 aromatic rings. The summed E-state index contributed by atoms with van der Waals surface area (Å²) in [4.78, 5) is 36.0. The zero-order valence-corrected chi connectivity index (χ0v) is 14.3. The molecule has 3 heterocycles. The van der Waals surface area contributed by atoms with E-state index in [4.69, 9.17) is 0 Å². The third kappa shape index (κ3) is 2.52. The average molecular weight is 337 g/mol. The second-order valence-corrected chi connectivity index (χ2v) is 6.43. The number of carbonyl (C=O) groups excluding carboxylic acids is 1. The van der Waals surface area contributed by atoms with Crippen molar-refractivity contribution in [2.45, 2.75) is 19.8 Å². The summed E-state index contributed by atoms with van der Waals surface area (Å²) >= 11 is 0. The van der Waals surface area contributed by atoms with E-state index in [2.05, 4.69) is 9.97 Å². The van der Waals surface area contributed by atoms with Gasteiger partial charge >= 0.3 is 11.7 Å². The summed E-state index contributed by atoms with van der Waals surface area (Å²) < 4.78 is 2.59. The van der Waals surface area contributed by atoms with Crippen LogP contribution in [0.2, 0.25) is 0 Å². The van der Waals surface area contributed by atoms with Crippen LogP contribution in [-0.2, 0) is 7.05 Å². The van der Waals surface area contributed by atoms with Gasteiger partial charge in [0.05, 0.1) is 6.20 Å². The predicted molar refractivity (Wildman–Crippen MR) is 94.5 cm³/mol. The Morgan fingerprint density at radius 1 is 1.20 bits per heavy atom. The molecule has 0 aliphatic carbocycles.